The Morgan fingerprint density at radius 2 is 1.67 bits per heavy atom. The molecule has 0 radical (unpaired) electrons. The molecule has 0 bridgehead atoms. The second-order valence-corrected chi connectivity index (χ2v) is 5.77. The van der Waals surface area contributed by atoms with Crippen LogP contribution < -0.4 is 4.74 Å². The monoisotopic (exact) mass is 343 g/mol. The van der Waals surface area contributed by atoms with E-state index in [1.165, 1.54) is 37.1 Å². The van der Waals surface area contributed by atoms with Crippen LogP contribution in [0.5, 0.6) is 5.75 Å². The standard InChI is InChI=1S/C17H13NO5S/c1-22-14-9-10(24-2)7-8-13(14)17(21)23-18-15(19)11-5-3-4-6-12(11)16(18)20/h3-9H,1-2H3. The number of benzene rings is 2. The fourth-order valence-electron chi connectivity index (χ4n) is 2.35. The van der Waals surface area contributed by atoms with Crippen molar-refractivity contribution in [1.29, 1.82) is 0 Å². The van der Waals surface area contributed by atoms with Gasteiger partial charge in [0.05, 0.1) is 18.2 Å². The predicted molar refractivity (Wildman–Crippen MR) is 87.1 cm³/mol. The molecule has 6 nitrogen and oxygen atoms in total. The summed E-state index contributed by atoms with van der Waals surface area (Å²) in [6.45, 7) is 0. The van der Waals surface area contributed by atoms with Crippen molar-refractivity contribution in [3.63, 3.8) is 0 Å². The molecule has 122 valence electrons. The molecule has 1 aliphatic rings. The normalized spacial score (nSPS) is 13.0. The zero-order valence-electron chi connectivity index (χ0n) is 12.9. The van der Waals surface area contributed by atoms with Crippen molar-refractivity contribution in [3.05, 3.63) is 59.2 Å². The van der Waals surface area contributed by atoms with Gasteiger partial charge in [-0.25, -0.2) is 4.79 Å². The van der Waals surface area contributed by atoms with Gasteiger partial charge in [0, 0.05) is 4.90 Å². The minimum Gasteiger partial charge on any atom is -0.496 e. The lowest BCUT2D eigenvalue weighted by molar-refractivity contribution is -0.0586. The van der Waals surface area contributed by atoms with Gasteiger partial charge in [-0.15, -0.1) is 11.8 Å². The first kappa shape index (κ1) is 16.1. The summed E-state index contributed by atoms with van der Waals surface area (Å²) in [4.78, 5) is 42.7. The Kier molecular flexibility index (Phi) is 4.26. The highest BCUT2D eigenvalue weighted by atomic mass is 32.2. The highest BCUT2D eigenvalue weighted by Gasteiger charge is 2.39. The number of imide groups is 1. The Hall–Kier alpha value is -2.80. The van der Waals surface area contributed by atoms with Crippen molar-refractivity contribution < 1.29 is 24.0 Å². The molecule has 0 fully saturated rings. The molecule has 0 spiro atoms. The van der Waals surface area contributed by atoms with Crippen molar-refractivity contribution in [2.24, 2.45) is 0 Å². The molecule has 0 atom stereocenters. The second-order valence-electron chi connectivity index (χ2n) is 4.90. The SMILES string of the molecule is COc1cc(SC)ccc1C(=O)ON1C(=O)c2ccccc2C1=O. The topological polar surface area (TPSA) is 72.9 Å². The molecule has 7 heteroatoms. The van der Waals surface area contributed by atoms with Gasteiger partial charge in [0.2, 0.25) is 0 Å². The number of carbonyl (C=O) groups is 3. The molecular weight excluding hydrogens is 330 g/mol. The zero-order valence-corrected chi connectivity index (χ0v) is 13.8. The molecule has 3 rings (SSSR count). The van der Waals surface area contributed by atoms with E-state index in [0.717, 1.165) is 4.90 Å². The number of fused-ring (bicyclic) bond motifs is 1. The third kappa shape index (κ3) is 2.63. The van der Waals surface area contributed by atoms with Gasteiger partial charge < -0.3 is 9.57 Å². The molecule has 2 aromatic carbocycles. The lowest BCUT2D eigenvalue weighted by Gasteiger charge is -2.14. The summed E-state index contributed by atoms with van der Waals surface area (Å²) >= 11 is 1.49. The number of nitrogens with zero attached hydrogens (tertiary/aromatic N) is 1. The fourth-order valence-corrected chi connectivity index (χ4v) is 2.78. The van der Waals surface area contributed by atoms with Crippen molar-refractivity contribution in [3.8, 4) is 5.75 Å². The molecule has 0 saturated heterocycles. The lowest BCUT2D eigenvalue weighted by Crippen LogP contribution is -2.32. The Morgan fingerprint density at radius 3 is 2.21 bits per heavy atom. The maximum Gasteiger partial charge on any atom is 0.367 e. The Labute approximate surface area is 142 Å². The van der Waals surface area contributed by atoms with Crippen LogP contribution in [0.1, 0.15) is 31.1 Å². The summed E-state index contributed by atoms with van der Waals surface area (Å²) in [5.74, 6) is -1.86. The molecule has 0 aliphatic carbocycles. The van der Waals surface area contributed by atoms with E-state index in [4.69, 9.17) is 9.57 Å². The van der Waals surface area contributed by atoms with E-state index < -0.39 is 17.8 Å². The van der Waals surface area contributed by atoms with Gasteiger partial charge in [-0.3, -0.25) is 9.59 Å². The average Bonchev–Trinajstić information content (AvgIpc) is 2.86. The zero-order chi connectivity index (χ0) is 17.3. The number of ether oxygens (including phenoxy) is 1. The van der Waals surface area contributed by atoms with Crippen LogP contribution in [-0.2, 0) is 4.84 Å². The number of carbonyl (C=O) groups excluding carboxylic acids is 3. The third-order valence-corrected chi connectivity index (χ3v) is 4.28. The fraction of sp³-hybridized carbons (Fsp3) is 0.118. The van der Waals surface area contributed by atoms with E-state index in [0.29, 0.717) is 10.8 Å². The van der Waals surface area contributed by atoms with Crippen LogP contribution in [0.25, 0.3) is 0 Å². The lowest BCUT2D eigenvalue weighted by atomic mass is 10.1. The minimum atomic E-state index is -0.839. The van der Waals surface area contributed by atoms with E-state index in [2.05, 4.69) is 0 Å². The van der Waals surface area contributed by atoms with Crippen LogP contribution in [-0.4, -0.2) is 36.2 Å². The number of methoxy groups -OCH3 is 1. The first-order valence-corrected chi connectivity index (χ1v) is 8.21. The summed E-state index contributed by atoms with van der Waals surface area (Å²) < 4.78 is 5.19. The van der Waals surface area contributed by atoms with Crippen LogP contribution >= 0.6 is 11.8 Å². The molecule has 0 aromatic heterocycles. The first-order chi connectivity index (χ1) is 11.6. The van der Waals surface area contributed by atoms with Gasteiger partial charge in [-0.05, 0) is 36.6 Å². The summed E-state index contributed by atoms with van der Waals surface area (Å²) in [6.07, 6.45) is 1.89. The quantitative estimate of drug-likeness (QED) is 0.628. The van der Waals surface area contributed by atoms with Gasteiger partial charge in [0.1, 0.15) is 11.3 Å². The minimum absolute atomic E-state index is 0.131. The smallest absolute Gasteiger partial charge is 0.367 e. The average molecular weight is 343 g/mol. The van der Waals surface area contributed by atoms with Crippen LogP contribution in [0, 0.1) is 0 Å². The van der Waals surface area contributed by atoms with Crippen LogP contribution in [0.15, 0.2) is 47.4 Å². The molecule has 1 aliphatic heterocycles. The number of thioether (sulfide) groups is 1. The molecular formula is C17H13NO5S. The Bertz CT molecular complexity index is 814. The summed E-state index contributed by atoms with van der Waals surface area (Å²) in [6, 6.07) is 11.2. The number of amides is 2. The summed E-state index contributed by atoms with van der Waals surface area (Å²) in [5.41, 5.74) is 0.548. The number of hydroxylamine groups is 2. The predicted octanol–water partition coefficient (Wildman–Crippen LogP) is 2.79. The number of hydrogen-bond acceptors (Lipinski definition) is 6. The van der Waals surface area contributed by atoms with Gasteiger partial charge in [0.15, 0.2) is 0 Å². The first-order valence-electron chi connectivity index (χ1n) is 6.99. The second kappa shape index (κ2) is 6.37. The van der Waals surface area contributed by atoms with Crippen LogP contribution in [0.4, 0.5) is 0 Å². The van der Waals surface area contributed by atoms with Crippen molar-refractivity contribution in [2.45, 2.75) is 4.90 Å². The van der Waals surface area contributed by atoms with E-state index in [9.17, 15) is 14.4 Å². The van der Waals surface area contributed by atoms with Gasteiger partial charge in [-0.2, -0.15) is 0 Å². The van der Waals surface area contributed by atoms with Crippen molar-refractivity contribution in [2.75, 3.05) is 13.4 Å². The highest BCUT2D eigenvalue weighted by molar-refractivity contribution is 7.98. The molecule has 0 N–H and O–H groups in total. The van der Waals surface area contributed by atoms with E-state index in [-0.39, 0.29) is 16.7 Å². The number of hydrogen-bond donors (Lipinski definition) is 0. The Morgan fingerprint density at radius 1 is 1.04 bits per heavy atom. The van der Waals surface area contributed by atoms with Gasteiger partial charge in [0.25, 0.3) is 11.8 Å². The highest BCUT2D eigenvalue weighted by Crippen LogP contribution is 2.28. The molecule has 2 amide bonds. The maximum atomic E-state index is 12.4. The maximum absolute atomic E-state index is 12.4. The van der Waals surface area contributed by atoms with Crippen LogP contribution in [0.2, 0.25) is 0 Å². The molecule has 0 unspecified atom stereocenters. The molecule has 2 aromatic rings. The summed E-state index contributed by atoms with van der Waals surface area (Å²) in [7, 11) is 1.43. The Balaban J connectivity index is 1.86. The number of rotatable bonds is 4. The van der Waals surface area contributed by atoms with Gasteiger partial charge >= 0.3 is 5.97 Å². The molecule has 24 heavy (non-hydrogen) atoms. The van der Waals surface area contributed by atoms with Crippen LogP contribution in [0.3, 0.4) is 0 Å². The largest absolute Gasteiger partial charge is 0.496 e. The van der Waals surface area contributed by atoms with E-state index >= 15 is 0 Å². The van der Waals surface area contributed by atoms with Gasteiger partial charge in [-0.1, -0.05) is 17.2 Å². The molecule has 0 saturated carbocycles. The van der Waals surface area contributed by atoms with Crippen molar-refractivity contribution in [1.82, 2.24) is 5.06 Å². The third-order valence-electron chi connectivity index (χ3n) is 3.56. The summed E-state index contributed by atoms with van der Waals surface area (Å²) in [5, 5.41) is 0.481. The van der Waals surface area contributed by atoms with E-state index in [1.807, 2.05) is 6.26 Å². The molecule has 1 heterocycles. The van der Waals surface area contributed by atoms with E-state index in [1.54, 1.807) is 24.3 Å². The van der Waals surface area contributed by atoms with Crippen molar-refractivity contribution >= 4 is 29.5 Å².